The van der Waals surface area contributed by atoms with E-state index in [9.17, 15) is 0 Å². The van der Waals surface area contributed by atoms with Gasteiger partial charge in [-0.1, -0.05) is 18.7 Å². The normalized spacial score (nSPS) is 26.5. The van der Waals surface area contributed by atoms with E-state index < -0.39 is 0 Å². The molecule has 2 aliphatic rings. The van der Waals surface area contributed by atoms with E-state index in [1.54, 1.807) is 0 Å². The second kappa shape index (κ2) is 2.70. The van der Waals surface area contributed by atoms with Crippen molar-refractivity contribution in [2.75, 3.05) is 18.8 Å². The van der Waals surface area contributed by atoms with Crippen LogP contribution in [-0.2, 0) is 0 Å². The molecule has 3 heteroatoms. The summed E-state index contributed by atoms with van der Waals surface area (Å²) in [6.07, 6.45) is 2.77. The molecule has 0 radical (unpaired) electrons. The molecule has 0 bridgehead atoms. The summed E-state index contributed by atoms with van der Waals surface area (Å²) < 4.78 is 0. The lowest BCUT2D eigenvalue weighted by Crippen LogP contribution is -2.25. The number of amidine groups is 1. The largest absolute Gasteiger partial charge is 0.364 e. The zero-order valence-corrected chi connectivity index (χ0v) is 7.71. The topological polar surface area (TPSA) is 24.4 Å². The Morgan fingerprint density at radius 2 is 2.45 bits per heavy atom. The lowest BCUT2D eigenvalue weighted by atomic mass is 10.1. The van der Waals surface area contributed by atoms with Crippen LogP contribution in [0.2, 0.25) is 0 Å². The van der Waals surface area contributed by atoms with Crippen molar-refractivity contribution < 1.29 is 0 Å². The molecule has 0 aromatic carbocycles. The first-order chi connectivity index (χ1) is 5.29. The molecule has 1 aliphatic carbocycles. The third kappa shape index (κ3) is 1.89. The Hall–Kier alpha value is -0.180. The molecule has 0 aromatic heterocycles. The van der Waals surface area contributed by atoms with Gasteiger partial charge in [-0.2, -0.15) is 0 Å². The van der Waals surface area contributed by atoms with Gasteiger partial charge in [-0.25, -0.2) is 0 Å². The van der Waals surface area contributed by atoms with Gasteiger partial charge in [-0.05, 0) is 18.3 Å². The van der Waals surface area contributed by atoms with Crippen LogP contribution >= 0.6 is 11.8 Å². The first kappa shape index (κ1) is 7.47. The van der Waals surface area contributed by atoms with Gasteiger partial charge in [0.25, 0.3) is 0 Å². The number of hydrogen-bond donors (Lipinski definition) is 1. The number of nitrogens with zero attached hydrogens (tertiary/aromatic N) is 1. The van der Waals surface area contributed by atoms with E-state index in [1.165, 1.54) is 18.6 Å². The highest BCUT2D eigenvalue weighted by atomic mass is 32.2. The molecule has 0 spiro atoms. The lowest BCUT2D eigenvalue weighted by molar-refractivity contribution is 0.558. The highest BCUT2D eigenvalue weighted by molar-refractivity contribution is 8.14. The highest BCUT2D eigenvalue weighted by Gasteiger charge is 2.37. The SMILES string of the molecule is CC1(CNC2=NCCS2)CC1. The zero-order chi connectivity index (χ0) is 7.73. The summed E-state index contributed by atoms with van der Waals surface area (Å²) in [6, 6.07) is 0. The van der Waals surface area contributed by atoms with Crippen LogP contribution in [0.15, 0.2) is 4.99 Å². The summed E-state index contributed by atoms with van der Waals surface area (Å²) in [5, 5.41) is 4.56. The minimum absolute atomic E-state index is 0.603. The molecule has 0 atom stereocenters. The summed E-state index contributed by atoms with van der Waals surface area (Å²) in [5.74, 6) is 1.17. The van der Waals surface area contributed by atoms with Crippen molar-refractivity contribution in [3.8, 4) is 0 Å². The van der Waals surface area contributed by atoms with Crippen LogP contribution in [0.3, 0.4) is 0 Å². The molecule has 2 rings (SSSR count). The Balaban J connectivity index is 1.73. The van der Waals surface area contributed by atoms with Gasteiger partial charge >= 0.3 is 0 Å². The molecule has 0 saturated heterocycles. The minimum Gasteiger partial charge on any atom is -0.364 e. The molecule has 62 valence electrons. The van der Waals surface area contributed by atoms with Crippen LogP contribution in [0.1, 0.15) is 19.8 Å². The molecule has 0 unspecified atom stereocenters. The molecule has 1 heterocycles. The van der Waals surface area contributed by atoms with E-state index in [4.69, 9.17) is 0 Å². The average molecular weight is 170 g/mol. The fraction of sp³-hybridized carbons (Fsp3) is 0.875. The number of thioether (sulfide) groups is 1. The van der Waals surface area contributed by atoms with Gasteiger partial charge in [0, 0.05) is 12.3 Å². The summed E-state index contributed by atoms with van der Waals surface area (Å²) in [6.45, 7) is 4.46. The van der Waals surface area contributed by atoms with Crippen molar-refractivity contribution in [3.05, 3.63) is 0 Å². The molecule has 11 heavy (non-hydrogen) atoms. The molecule has 1 fully saturated rings. The van der Waals surface area contributed by atoms with Crippen molar-refractivity contribution in [2.24, 2.45) is 10.4 Å². The van der Waals surface area contributed by atoms with Gasteiger partial charge in [0.2, 0.25) is 0 Å². The molecule has 0 amide bonds. The van der Waals surface area contributed by atoms with Crippen LogP contribution in [0, 0.1) is 5.41 Å². The van der Waals surface area contributed by atoms with E-state index in [1.807, 2.05) is 11.8 Å². The fourth-order valence-electron chi connectivity index (χ4n) is 1.12. The monoisotopic (exact) mass is 170 g/mol. The smallest absolute Gasteiger partial charge is 0.156 e. The van der Waals surface area contributed by atoms with E-state index in [0.29, 0.717) is 5.41 Å². The summed E-state index contributed by atoms with van der Waals surface area (Å²) in [7, 11) is 0. The molecule has 1 aliphatic heterocycles. The summed E-state index contributed by atoms with van der Waals surface area (Å²) in [5.41, 5.74) is 0.603. The van der Waals surface area contributed by atoms with Crippen LogP contribution in [0.4, 0.5) is 0 Å². The molecular weight excluding hydrogens is 156 g/mol. The van der Waals surface area contributed by atoms with Gasteiger partial charge in [0.05, 0.1) is 6.54 Å². The molecule has 1 N–H and O–H groups in total. The summed E-state index contributed by atoms with van der Waals surface area (Å²) in [4.78, 5) is 4.34. The van der Waals surface area contributed by atoms with E-state index in [-0.39, 0.29) is 0 Å². The maximum Gasteiger partial charge on any atom is 0.156 e. The second-order valence-electron chi connectivity index (χ2n) is 3.70. The number of aliphatic imine (C=N–C) groups is 1. The van der Waals surface area contributed by atoms with E-state index >= 15 is 0 Å². The van der Waals surface area contributed by atoms with Crippen LogP contribution < -0.4 is 5.32 Å². The van der Waals surface area contributed by atoms with Crippen LogP contribution in [-0.4, -0.2) is 24.0 Å². The number of rotatable bonds is 2. The quantitative estimate of drug-likeness (QED) is 0.679. The maximum atomic E-state index is 4.34. The third-order valence-corrected chi connectivity index (χ3v) is 3.29. The fourth-order valence-corrected chi connectivity index (χ4v) is 1.85. The van der Waals surface area contributed by atoms with Gasteiger partial charge in [0.1, 0.15) is 0 Å². The van der Waals surface area contributed by atoms with Gasteiger partial charge in [-0.3, -0.25) is 4.99 Å². The van der Waals surface area contributed by atoms with Crippen molar-refractivity contribution in [3.63, 3.8) is 0 Å². The number of hydrogen-bond acceptors (Lipinski definition) is 3. The van der Waals surface area contributed by atoms with Crippen molar-refractivity contribution in [1.29, 1.82) is 0 Å². The number of nitrogens with one attached hydrogen (secondary N) is 1. The third-order valence-electron chi connectivity index (χ3n) is 2.36. The first-order valence-corrected chi connectivity index (χ1v) is 5.18. The molecular formula is C8H14N2S. The Labute approximate surface area is 71.9 Å². The van der Waals surface area contributed by atoms with Crippen molar-refractivity contribution in [1.82, 2.24) is 5.32 Å². The van der Waals surface area contributed by atoms with Gasteiger partial charge < -0.3 is 5.32 Å². The Bertz CT molecular complexity index is 185. The molecule has 0 aromatic rings. The standard InChI is InChI=1S/C8H14N2S/c1-8(2-3-8)6-10-7-9-4-5-11-7/h2-6H2,1H3,(H,9,10). The Morgan fingerprint density at radius 3 is 3.00 bits per heavy atom. The van der Waals surface area contributed by atoms with Gasteiger partial charge in [0.15, 0.2) is 5.17 Å². The van der Waals surface area contributed by atoms with Crippen LogP contribution in [0.5, 0.6) is 0 Å². The summed E-state index contributed by atoms with van der Waals surface area (Å²) >= 11 is 1.85. The van der Waals surface area contributed by atoms with Crippen molar-refractivity contribution >= 4 is 16.9 Å². The molecule has 1 saturated carbocycles. The lowest BCUT2D eigenvalue weighted by Gasteiger charge is -2.09. The maximum absolute atomic E-state index is 4.34. The Morgan fingerprint density at radius 1 is 1.64 bits per heavy atom. The van der Waals surface area contributed by atoms with Crippen LogP contribution in [0.25, 0.3) is 0 Å². The predicted octanol–water partition coefficient (Wildman–Crippen LogP) is 1.48. The Kier molecular flexibility index (Phi) is 1.83. The molecule has 2 nitrogen and oxygen atoms in total. The second-order valence-corrected chi connectivity index (χ2v) is 4.78. The van der Waals surface area contributed by atoms with E-state index in [2.05, 4.69) is 17.2 Å². The zero-order valence-electron chi connectivity index (χ0n) is 6.89. The minimum atomic E-state index is 0.603. The van der Waals surface area contributed by atoms with Gasteiger partial charge in [-0.15, -0.1) is 0 Å². The highest BCUT2D eigenvalue weighted by Crippen LogP contribution is 2.44. The van der Waals surface area contributed by atoms with Crippen molar-refractivity contribution in [2.45, 2.75) is 19.8 Å². The van der Waals surface area contributed by atoms with E-state index in [0.717, 1.165) is 18.3 Å². The average Bonchev–Trinajstić information content (AvgIpc) is 2.53. The predicted molar refractivity (Wildman–Crippen MR) is 50.1 cm³/mol. The first-order valence-electron chi connectivity index (χ1n) is 4.20.